The number of anilines is 2. The maximum Gasteiger partial charge on any atom is 0.254 e. The lowest BCUT2D eigenvalue weighted by atomic mass is 10.1. The minimum absolute atomic E-state index is 0.0569. The standard InChI is InChI=1S/C24H29N7O4/c1-5-21(32)28-19-7-6-16(12-20(19)35-11-10-30(2)3)23(33)31-9-8-18(15-31)27-24-26-14-17(13-25)22(29-24)34-4/h5-7,12,14,18H,1,8-11,15H2,2-4H3,(H,28,32)(H,26,27,29)/t18-/m0/s1. The number of hydrogen-bond donors (Lipinski definition) is 2. The zero-order chi connectivity index (χ0) is 25.4. The van der Waals surface area contributed by atoms with Gasteiger partial charge >= 0.3 is 0 Å². The molecule has 1 fully saturated rings. The molecule has 11 nitrogen and oxygen atoms in total. The monoisotopic (exact) mass is 479 g/mol. The van der Waals surface area contributed by atoms with E-state index >= 15 is 0 Å². The number of amides is 2. The number of likely N-dealkylation sites (tertiary alicyclic amines) is 1. The molecule has 35 heavy (non-hydrogen) atoms. The van der Waals surface area contributed by atoms with Crippen LogP contribution in [0.15, 0.2) is 37.1 Å². The van der Waals surface area contributed by atoms with Gasteiger partial charge in [0.25, 0.3) is 5.91 Å². The highest BCUT2D eigenvalue weighted by molar-refractivity contribution is 6.01. The minimum atomic E-state index is -0.364. The van der Waals surface area contributed by atoms with Gasteiger partial charge in [-0.3, -0.25) is 9.59 Å². The molecular weight excluding hydrogens is 450 g/mol. The molecule has 0 unspecified atom stereocenters. The third-order valence-corrected chi connectivity index (χ3v) is 5.34. The number of ether oxygens (including phenoxy) is 2. The zero-order valence-corrected chi connectivity index (χ0v) is 20.1. The van der Waals surface area contributed by atoms with Gasteiger partial charge in [-0.2, -0.15) is 10.2 Å². The van der Waals surface area contributed by atoms with Crippen LogP contribution >= 0.6 is 0 Å². The van der Waals surface area contributed by atoms with Gasteiger partial charge in [-0.15, -0.1) is 0 Å². The number of nitriles is 1. The van der Waals surface area contributed by atoms with E-state index in [1.54, 1.807) is 23.1 Å². The van der Waals surface area contributed by atoms with Gasteiger partial charge in [0.05, 0.1) is 19.0 Å². The molecule has 3 rings (SSSR count). The highest BCUT2D eigenvalue weighted by atomic mass is 16.5. The fourth-order valence-corrected chi connectivity index (χ4v) is 3.50. The first-order valence-electron chi connectivity index (χ1n) is 11.1. The van der Waals surface area contributed by atoms with Gasteiger partial charge in [-0.25, -0.2) is 4.98 Å². The number of methoxy groups -OCH3 is 1. The fourth-order valence-electron chi connectivity index (χ4n) is 3.50. The number of carbonyl (C=O) groups excluding carboxylic acids is 2. The normalized spacial score (nSPS) is 14.8. The third-order valence-electron chi connectivity index (χ3n) is 5.34. The number of likely N-dealkylation sites (N-methyl/N-ethyl adjacent to an activating group) is 1. The van der Waals surface area contributed by atoms with Crippen molar-refractivity contribution in [2.24, 2.45) is 0 Å². The molecule has 0 bridgehead atoms. The van der Waals surface area contributed by atoms with E-state index in [0.29, 0.717) is 55.6 Å². The number of benzene rings is 1. The van der Waals surface area contributed by atoms with Crippen molar-refractivity contribution in [1.82, 2.24) is 19.8 Å². The van der Waals surface area contributed by atoms with Crippen molar-refractivity contribution in [3.63, 3.8) is 0 Å². The Hall–Kier alpha value is -4.17. The van der Waals surface area contributed by atoms with E-state index in [1.807, 2.05) is 25.1 Å². The van der Waals surface area contributed by atoms with Gasteiger partial charge in [0.15, 0.2) is 0 Å². The quantitative estimate of drug-likeness (QED) is 0.489. The molecule has 1 aromatic carbocycles. The van der Waals surface area contributed by atoms with Crippen LogP contribution in [0.2, 0.25) is 0 Å². The highest BCUT2D eigenvalue weighted by Crippen LogP contribution is 2.28. The van der Waals surface area contributed by atoms with Crippen LogP contribution in [0.25, 0.3) is 0 Å². The second-order valence-corrected chi connectivity index (χ2v) is 8.17. The summed E-state index contributed by atoms with van der Waals surface area (Å²) in [6, 6.07) is 6.88. The molecule has 2 amide bonds. The Morgan fingerprint density at radius 2 is 2.20 bits per heavy atom. The molecule has 0 saturated carbocycles. The second-order valence-electron chi connectivity index (χ2n) is 8.17. The number of hydrogen-bond acceptors (Lipinski definition) is 9. The van der Waals surface area contributed by atoms with Gasteiger partial charge < -0.3 is 29.9 Å². The van der Waals surface area contributed by atoms with Crippen molar-refractivity contribution in [2.45, 2.75) is 12.5 Å². The number of nitrogens with zero attached hydrogens (tertiary/aromatic N) is 5. The molecule has 1 aromatic heterocycles. The zero-order valence-electron chi connectivity index (χ0n) is 20.1. The SMILES string of the molecule is C=CC(=O)Nc1ccc(C(=O)N2CC[C@H](Nc3ncc(C#N)c(OC)n3)C2)cc1OCCN(C)C. The number of rotatable bonds is 10. The molecule has 1 aliphatic rings. The molecule has 1 aliphatic heterocycles. The number of nitrogens with one attached hydrogen (secondary N) is 2. The predicted molar refractivity (Wildman–Crippen MR) is 131 cm³/mol. The maximum atomic E-state index is 13.2. The molecule has 184 valence electrons. The summed E-state index contributed by atoms with van der Waals surface area (Å²) in [6.07, 6.45) is 3.28. The van der Waals surface area contributed by atoms with Crippen LogP contribution in [0.1, 0.15) is 22.3 Å². The molecule has 0 spiro atoms. The summed E-state index contributed by atoms with van der Waals surface area (Å²) in [6.45, 7) is 5.54. The van der Waals surface area contributed by atoms with Crippen molar-refractivity contribution in [2.75, 3.05) is 58.1 Å². The Balaban J connectivity index is 1.69. The van der Waals surface area contributed by atoms with E-state index in [2.05, 4.69) is 27.2 Å². The number of carbonyl (C=O) groups is 2. The van der Waals surface area contributed by atoms with Crippen molar-refractivity contribution in [1.29, 1.82) is 5.26 Å². The molecular formula is C24H29N7O4. The average Bonchev–Trinajstić information content (AvgIpc) is 3.32. The lowest BCUT2D eigenvalue weighted by Crippen LogP contribution is -2.32. The van der Waals surface area contributed by atoms with Crippen LogP contribution in [-0.4, -0.2) is 85.1 Å². The molecule has 2 N–H and O–H groups in total. The highest BCUT2D eigenvalue weighted by Gasteiger charge is 2.28. The molecule has 0 radical (unpaired) electrons. The first kappa shape index (κ1) is 25.5. The Morgan fingerprint density at radius 3 is 2.89 bits per heavy atom. The molecule has 1 atom stereocenters. The third kappa shape index (κ3) is 6.68. The van der Waals surface area contributed by atoms with E-state index < -0.39 is 0 Å². The Kier molecular flexibility index (Phi) is 8.58. The lowest BCUT2D eigenvalue weighted by molar-refractivity contribution is -0.111. The minimum Gasteiger partial charge on any atom is -0.490 e. The number of aromatic nitrogens is 2. The second kappa shape index (κ2) is 11.8. The van der Waals surface area contributed by atoms with E-state index in [9.17, 15) is 9.59 Å². The topological polar surface area (TPSA) is 133 Å². The maximum absolute atomic E-state index is 13.2. The summed E-state index contributed by atoms with van der Waals surface area (Å²) >= 11 is 0. The Morgan fingerprint density at radius 1 is 1.40 bits per heavy atom. The van der Waals surface area contributed by atoms with E-state index in [1.165, 1.54) is 19.4 Å². The first-order valence-corrected chi connectivity index (χ1v) is 11.1. The van der Waals surface area contributed by atoms with E-state index in [-0.39, 0.29) is 29.3 Å². The van der Waals surface area contributed by atoms with Crippen molar-refractivity contribution < 1.29 is 19.1 Å². The van der Waals surface area contributed by atoms with Crippen molar-refractivity contribution in [3.8, 4) is 17.7 Å². The molecule has 1 saturated heterocycles. The summed E-state index contributed by atoms with van der Waals surface area (Å²) in [5.74, 6) is 0.434. The molecule has 0 aliphatic carbocycles. The predicted octanol–water partition coefficient (Wildman–Crippen LogP) is 1.75. The van der Waals surface area contributed by atoms with Crippen LogP contribution in [0.5, 0.6) is 11.6 Å². The summed E-state index contributed by atoms with van der Waals surface area (Å²) in [7, 11) is 5.30. The van der Waals surface area contributed by atoms with Crippen LogP contribution in [0.4, 0.5) is 11.6 Å². The van der Waals surface area contributed by atoms with Crippen LogP contribution in [0.3, 0.4) is 0 Å². The van der Waals surface area contributed by atoms with Crippen LogP contribution in [0, 0.1) is 11.3 Å². The smallest absolute Gasteiger partial charge is 0.254 e. The largest absolute Gasteiger partial charge is 0.490 e. The van der Waals surface area contributed by atoms with Gasteiger partial charge in [-0.1, -0.05) is 6.58 Å². The summed E-state index contributed by atoms with van der Waals surface area (Å²) in [5, 5.41) is 15.0. The average molecular weight is 480 g/mol. The van der Waals surface area contributed by atoms with Crippen molar-refractivity contribution in [3.05, 3.63) is 48.2 Å². The summed E-state index contributed by atoms with van der Waals surface area (Å²) < 4.78 is 11.0. The fraction of sp³-hybridized carbons (Fsp3) is 0.375. The molecule has 11 heteroatoms. The summed E-state index contributed by atoms with van der Waals surface area (Å²) in [5.41, 5.74) is 1.18. The summed E-state index contributed by atoms with van der Waals surface area (Å²) in [4.78, 5) is 37.1. The first-order chi connectivity index (χ1) is 16.8. The van der Waals surface area contributed by atoms with Gasteiger partial charge in [0, 0.05) is 31.2 Å². The van der Waals surface area contributed by atoms with E-state index in [4.69, 9.17) is 14.7 Å². The van der Waals surface area contributed by atoms with Gasteiger partial charge in [0.2, 0.25) is 17.7 Å². The van der Waals surface area contributed by atoms with E-state index in [0.717, 1.165) is 0 Å². The van der Waals surface area contributed by atoms with Gasteiger partial charge in [-0.05, 0) is 44.8 Å². The van der Waals surface area contributed by atoms with Crippen LogP contribution in [-0.2, 0) is 4.79 Å². The Labute approximate surface area is 204 Å². The van der Waals surface area contributed by atoms with Crippen LogP contribution < -0.4 is 20.1 Å². The van der Waals surface area contributed by atoms with Gasteiger partial charge in [0.1, 0.15) is 24.0 Å². The lowest BCUT2D eigenvalue weighted by Gasteiger charge is -2.19. The Bertz CT molecular complexity index is 1130. The molecule has 2 heterocycles. The molecule has 2 aromatic rings. The van der Waals surface area contributed by atoms with Crippen molar-refractivity contribution >= 4 is 23.5 Å².